The molecule has 0 aromatic carbocycles. The molecule has 11 rings (SSSR count). The number of fused-ring (bicyclic) bond motifs is 5. The summed E-state index contributed by atoms with van der Waals surface area (Å²) < 4.78 is 65.9. The van der Waals surface area contributed by atoms with Crippen molar-refractivity contribution in [2.45, 2.75) is 128 Å². The van der Waals surface area contributed by atoms with E-state index < -0.39 is 54.0 Å². The van der Waals surface area contributed by atoms with Gasteiger partial charge in [-0.25, -0.2) is 0 Å². The van der Waals surface area contributed by atoms with Gasteiger partial charge in [-0.15, -0.1) is 0 Å². The molecule has 11 fully saturated rings. The maximum Gasteiger partial charge on any atom is 0.0263 e. The molecule has 290 valence electrons. The molecule has 11 aliphatic rings. The summed E-state index contributed by atoms with van der Waals surface area (Å²) in [6, 6.07) is 0. The highest BCUT2D eigenvalue weighted by Crippen LogP contribution is 2.37. The molecule has 0 amide bonds. The topological polar surface area (TPSA) is 85.3 Å². The van der Waals surface area contributed by atoms with Crippen LogP contribution in [0.4, 0.5) is 0 Å². The van der Waals surface area contributed by atoms with Gasteiger partial charge in [-0.3, -0.25) is 21.0 Å². The largest absolute Gasteiger partial charge is 0.260 e. The van der Waals surface area contributed by atoms with E-state index in [9.17, 15) is 21.0 Å². The molecule has 0 aromatic rings. The van der Waals surface area contributed by atoms with Crippen molar-refractivity contribution in [3.05, 3.63) is 0 Å². The normalized spacial score (nSPS) is 47.0. The van der Waals surface area contributed by atoms with E-state index in [1.807, 2.05) is 0 Å². The molecule has 6 saturated heterocycles. The zero-order chi connectivity index (χ0) is 34.9. The molecule has 0 aromatic heterocycles. The standard InChI is InChI=1S/C40H70O5S5/c41-46-21-31-1-2-32(4-3-31)22-47(42)24-34-9-11-36(12-10-34)26-49(44)28-38-17-19-40(20-18-38)30-50(45)29-39-15-13-37(14-16-39)27-48(43)25-35-7-5-33(23-46)6-8-35/h31-40H,1-30H2. The highest BCUT2D eigenvalue weighted by molar-refractivity contribution is 7.86. The van der Waals surface area contributed by atoms with Gasteiger partial charge in [-0.2, -0.15) is 0 Å². The minimum atomic E-state index is -0.741. The Morgan fingerprint density at radius 3 is 0.340 bits per heavy atom. The molecule has 5 nitrogen and oxygen atoms in total. The smallest absolute Gasteiger partial charge is 0.0263 e. The molecule has 6 aliphatic heterocycles. The molecule has 0 spiro atoms. The first kappa shape index (κ1) is 40.4. The maximum atomic E-state index is 13.2. The average Bonchev–Trinajstić information content (AvgIpc) is 3.09. The van der Waals surface area contributed by atoms with Gasteiger partial charge in [0.1, 0.15) is 0 Å². The molecule has 0 radical (unpaired) electrons. The van der Waals surface area contributed by atoms with E-state index >= 15 is 0 Å². The van der Waals surface area contributed by atoms with E-state index in [0.29, 0.717) is 59.2 Å². The van der Waals surface area contributed by atoms with E-state index in [4.69, 9.17) is 0 Å². The minimum absolute atomic E-state index is 0.569. The number of rotatable bonds is 0. The van der Waals surface area contributed by atoms with Gasteiger partial charge in [-0.05, 0) is 188 Å². The number of hydrogen-bond donors (Lipinski definition) is 0. The van der Waals surface area contributed by atoms with Crippen molar-refractivity contribution in [1.82, 2.24) is 0 Å². The van der Waals surface area contributed by atoms with Gasteiger partial charge >= 0.3 is 0 Å². The Balaban J connectivity index is 0.978. The third-order valence-electron chi connectivity index (χ3n) is 14.0. The third-order valence-corrected chi connectivity index (χ3v) is 22.5. The van der Waals surface area contributed by atoms with Crippen molar-refractivity contribution in [1.29, 1.82) is 0 Å². The van der Waals surface area contributed by atoms with Crippen LogP contribution in [-0.4, -0.2) is 78.6 Å². The van der Waals surface area contributed by atoms with Crippen LogP contribution in [0.5, 0.6) is 0 Å². The van der Waals surface area contributed by atoms with Crippen LogP contribution >= 0.6 is 0 Å². The van der Waals surface area contributed by atoms with E-state index in [0.717, 1.165) is 186 Å². The second-order valence-corrected chi connectivity index (χ2v) is 26.0. The first-order valence-corrected chi connectivity index (χ1v) is 28.4. The molecule has 0 N–H and O–H groups in total. The van der Waals surface area contributed by atoms with Gasteiger partial charge in [0, 0.05) is 112 Å². The van der Waals surface area contributed by atoms with Crippen LogP contribution in [0, 0.1) is 59.2 Å². The van der Waals surface area contributed by atoms with Crippen LogP contribution in [0.15, 0.2) is 0 Å². The molecule has 0 atom stereocenters. The molecule has 6 heterocycles. The lowest BCUT2D eigenvalue weighted by Gasteiger charge is -2.31. The van der Waals surface area contributed by atoms with Gasteiger partial charge < -0.3 is 0 Å². The fraction of sp³-hybridized carbons (Fsp3) is 1.00. The van der Waals surface area contributed by atoms with Gasteiger partial charge in [0.15, 0.2) is 0 Å². The van der Waals surface area contributed by atoms with Crippen LogP contribution in [0.2, 0.25) is 0 Å². The molecule has 50 heavy (non-hydrogen) atoms. The second-order valence-electron chi connectivity index (χ2n) is 18.3. The van der Waals surface area contributed by atoms with Crippen molar-refractivity contribution in [3.8, 4) is 0 Å². The molecule has 5 saturated carbocycles. The van der Waals surface area contributed by atoms with Gasteiger partial charge in [-0.1, -0.05) is 0 Å². The molecule has 5 aliphatic carbocycles. The fourth-order valence-electron chi connectivity index (χ4n) is 10.8. The summed E-state index contributed by atoms with van der Waals surface area (Å²) in [5.74, 6) is 14.2. The zero-order valence-corrected chi connectivity index (χ0v) is 35.2. The lowest BCUT2D eigenvalue weighted by molar-refractivity contribution is 0.303. The molecular weight excluding hydrogens is 721 g/mol. The average molecular weight is 791 g/mol. The predicted molar refractivity (Wildman–Crippen MR) is 217 cm³/mol. The summed E-state index contributed by atoms with van der Waals surface area (Å²) in [4.78, 5) is 0. The summed E-state index contributed by atoms with van der Waals surface area (Å²) in [5.41, 5.74) is 0. The molecule has 0 unspecified atom stereocenters. The Hall–Kier alpha value is 0.750. The van der Waals surface area contributed by atoms with Gasteiger partial charge in [0.2, 0.25) is 0 Å². The lowest BCUT2D eigenvalue weighted by atomic mass is 9.84. The van der Waals surface area contributed by atoms with Crippen molar-refractivity contribution >= 4 is 54.0 Å². The highest BCUT2D eigenvalue weighted by Gasteiger charge is 2.31. The van der Waals surface area contributed by atoms with Gasteiger partial charge in [0.05, 0.1) is 0 Å². The number of hydrogen-bond acceptors (Lipinski definition) is 5. The van der Waals surface area contributed by atoms with Crippen molar-refractivity contribution < 1.29 is 21.0 Å². The highest BCUT2D eigenvalue weighted by atomic mass is 32.2. The Labute approximate surface area is 318 Å². The monoisotopic (exact) mass is 790 g/mol. The van der Waals surface area contributed by atoms with Crippen LogP contribution in [0.25, 0.3) is 0 Å². The Morgan fingerprint density at radius 1 is 0.180 bits per heavy atom. The fourth-order valence-corrected chi connectivity index (χ4v) is 20.1. The Bertz CT molecular complexity index is 866. The molecule has 10 bridgehead atoms. The van der Waals surface area contributed by atoms with Crippen molar-refractivity contribution in [3.63, 3.8) is 0 Å². The van der Waals surface area contributed by atoms with Gasteiger partial charge in [0.25, 0.3) is 0 Å². The summed E-state index contributed by atoms with van der Waals surface area (Å²) in [6.07, 6.45) is 23.0. The van der Waals surface area contributed by atoms with Crippen molar-refractivity contribution in [2.24, 2.45) is 59.2 Å². The first-order chi connectivity index (χ1) is 24.2. The Morgan fingerprint density at radius 2 is 0.260 bits per heavy atom. The predicted octanol–water partition coefficient (Wildman–Crippen LogP) is 7.78. The Kier molecular flexibility index (Phi) is 16.7. The first-order valence-electron chi connectivity index (χ1n) is 21.0. The minimum Gasteiger partial charge on any atom is -0.260 e. The summed E-state index contributed by atoms with van der Waals surface area (Å²) in [6.45, 7) is 0. The second kappa shape index (κ2) is 20.6. The summed E-state index contributed by atoms with van der Waals surface area (Å²) in [5, 5.41) is 0. The van der Waals surface area contributed by atoms with E-state index in [1.54, 1.807) is 0 Å². The quantitative estimate of drug-likeness (QED) is 0.251. The van der Waals surface area contributed by atoms with Crippen LogP contribution < -0.4 is 0 Å². The van der Waals surface area contributed by atoms with Crippen LogP contribution in [0.1, 0.15) is 128 Å². The van der Waals surface area contributed by atoms with Crippen LogP contribution in [-0.2, 0) is 54.0 Å². The zero-order valence-electron chi connectivity index (χ0n) is 31.1. The van der Waals surface area contributed by atoms with E-state index in [1.165, 1.54) is 0 Å². The molecular formula is C40H70O5S5. The summed E-state index contributed by atoms with van der Waals surface area (Å²) in [7, 11) is -3.71. The third kappa shape index (κ3) is 13.5. The summed E-state index contributed by atoms with van der Waals surface area (Å²) >= 11 is 0. The molecule has 10 heteroatoms. The van der Waals surface area contributed by atoms with E-state index in [2.05, 4.69) is 0 Å². The maximum absolute atomic E-state index is 13.2. The lowest BCUT2D eigenvalue weighted by Crippen LogP contribution is -2.28. The SMILES string of the molecule is O=S1CC2CCC(CC2)CS(=O)CC2CCC(CC2)CS(=O)CC2CCC(CC2)CS(=O)CC2CCC(CC2)CS(=O)CC2CCC(CC2)C1. The van der Waals surface area contributed by atoms with Crippen LogP contribution in [0.3, 0.4) is 0 Å². The van der Waals surface area contributed by atoms with Crippen molar-refractivity contribution in [2.75, 3.05) is 57.5 Å². The van der Waals surface area contributed by atoms with E-state index in [-0.39, 0.29) is 0 Å².